The van der Waals surface area contributed by atoms with Gasteiger partial charge >= 0.3 is 5.97 Å². The van der Waals surface area contributed by atoms with Crippen molar-refractivity contribution < 1.29 is 9.53 Å². The molecule has 1 N–H and O–H groups in total. The molecule has 0 aliphatic rings. The Bertz CT molecular complexity index is 676. The molecule has 0 saturated carbocycles. The van der Waals surface area contributed by atoms with Gasteiger partial charge in [-0.1, -0.05) is 23.2 Å². The van der Waals surface area contributed by atoms with Crippen LogP contribution in [0.2, 0.25) is 5.02 Å². The van der Waals surface area contributed by atoms with Gasteiger partial charge in [-0.3, -0.25) is 4.79 Å². The van der Waals surface area contributed by atoms with Gasteiger partial charge in [-0.25, -0.2) is 4.79 Å². The van der Waals surface area contributed by atoms with E-state index in [1.165, 1.54) is 0 Å². The number of esters is 1. The fourth-order valence-electron chi connectivity index (χ4n) is 1.75. The van der Waals surface area contributed by atoms with E-state index < -0.39 is 11.5 Å². The fourth-order valence-corrected chi connectivity index (χ4v) is 2.07. The molecule has 4 nitrogen and oxygen atoms in total. The minimum Gasteiger partial charge on any atom is -0.462 e. The molecule has 0 aliphatic heterocycles. The average Bonchev–Trinajstić information content (AvgIpc) is 2.31. The number of aromatic nitrogens is 1. The summed E-state index contributed by atoms with van der Waals surface area (Å²) < 4.78 is 4.83. The van der Waals surface area contributed by atoms with E-state index in [0.717, 1.165) is 5.56 Å². The number of benzene rings is 1. The predicted octanol–water partition coefficient (Wildman–Crippen LogP) is 2.67. The Kier molecular flexibility index (Phi) is 3.39. The Balaban J connectivity index is 2.75. The Morgan fingerprint density at radius 2 is 2.17 bits per heavy atom. The van der Waals surface area contributed by atoms with E-state index >= 15 is 0 Å². The van der Waals surface area contributed by atoms with Crippen LogP contribution in [0.1, 0.15) is 22.8 Å². The molecule has 0 radical (unpaired) electrons. The normalized spacial score (nSPS) is 10.6. The zero-order valence-corrected chi connectivity index (χ0v) is 10.8. The summed E-state index contributed by atoms with van der Waals surface area (Å²) in [5, 5.41) is 0.773. The molecule has 1 aromatic carbocycles. The lowest BCUT2D eigenvalue weighted by Crippen LogP contribution is -2.20. The molecule has 18 heavy (non-hydrogen) atoms. The van der Waals surface area contributed by atoms with Crippen LogP contribution in [0.4, 0.5) is 0 Å². The Morgan fingerprint density at radius 3 is 2.83 bits per heavy atom. The monoisotopic (exact) mass is 265 g/mol. The van der Waals surface area contributed by atoms with Crippen molar-refractivity contribution in [3.63, 3.8) is 0 Å². The summed E-state index contributed by atoms with van der Waals surface area (Å²) in [5.41, 5.74) is 0.918. The Morgan fingerprint density at radius 1 is 1.44 bits per heavy atom. The third-order valence-electron chi connectivity index (χ3n) is 2.59. The van der Waals surface area contributed by atoms with Gasteiger partial charge in [-0.2, -0.15) is 0 Å². The molecule has 94 valence electrons. The van der Waals surface area contributed by atoms with Crippen molar-refractivity contribution in [3.05, 3.63) is 44.7 Å². The van der Waals surface area contributed by atoms with Crippen LogP contribution in [-0.4, -0.2) is 17.6 Å². The number of fused-ring (bicyclic) bond motifs is 1. The van der Waals surface area contributed by atoms with Crippen LogP contribution in [0.25, 0.3) is 10.9 Å². The van der Waals surface area contributed by atoms with Crippen molar-refractivity contribution in [1.29, 1.82) is 0 Å². The summed E-state index contributed by atoms with van der Waals surface area (Å²) in [6.45, 7) is 3.77. The van der Waals surface area contributed by atoms with Gasteiger partial charge in [0, 0.05) is 10.9 Å². The van der Waals surface area contributed by atoms with Crippen LogP contribution in [-0.2, 0) is 4.74 Å². The number of aryl methyl sites for hydroxylation is 1. The number of ether oxygens (including phenoxy) is 1. The Hall–Kier alpha value is -1.81. The van der Waals surface area contributed by atoms with Crippen LogP contribution in [0.5, 0.6) is 0 Å². The largest absolute Gasteiger partial charge is 0.462 e. The molecule has 2 rings (SSSR count). The van der Waals surface area contributed by atoms with Gasteiger partial charge in [0.05, 0.1) is 11.6 Å². The topological polar surface area (TPSA) is 59.2 Å². The van der Waals surface area contributed by atoms with Crippen molar-refractivity contribution in [3.8, 4) is 0 Å². The minimum absolute atomic E-state index is 0.135. The van der Waals surface area contributed by atoms with Crippen LogP contribution in [0, 0.1) is 6.92 Å². The summed E-state index contributed by atoms with van der Waals surface area (Å²) in [6, 6.07) is 5.43. The fraction of sp³-hybridized carbons (Fsp3) is 0.231. The molecule has 0 unspecified atom stereocenters. The first kappa shape index (κ1) is 12.6. The standard InChI is InChI=1S/C13H12ClNO3/c1-3-18-13(17)10-11(14)8-6-7(2)4-5-9(8)15-12(10)16/h4-6H,3H2,1-2H3,(H,15,16). The molecular formula is C13H12ClNO3. The predicted molar refractivity (Wildman–Crippen MR) is 70.3 cm³/mol. The van der Waals surface area contributed by atoms with Gasteiger partial charge in [0.1, 0.15) is 5.56 Å². The number of carbonyl (C=O) groups excluding carboxylic acids is 1. The van der Waals surface area contributed by atoms with Gasteiger partial charge in [0.2, 0.25) is 0 Å². The lowest BCUT2D eigenvalue weighted by atomic mass is 10.1. The molecule has 0 saturated heterocycles. The highest BCUT2D eigenvalue weighted by Crippen LogP contribution is 2.24. The highest BCUT2D eigenvalue weighted by Gasteiger charge is 2.19. The molecule has 1 aromatic heterocycles. The van der Waals surface area contributed by atoms with E-state index in [2.05, 4.69) is 4.98 Å². The van der Waals surface area contributed by atoms with E-state index in [0.29, 0.717) is 10.9 Å². The van der Waals surface area contributed by atoms with E-state index in [1.54, 1.807) is 13.0 Å². The maximum atomic E-state index is 11.8. The first-order valence-corrected chi connectivity index (χ1v) is 5.91. The van der Waals surface area contributed by atoms with E-state index in [9.17, 15) is 9.59 Å². The minimum atomic E-state index is -0.702. The van der Waals surface area contributed by atoms with Crippen molar-refractivity contribution in [2.24, 2.45) is 0 Å². The SMILES string of the molecule is CCOC(=O)c1c(Cl)c2cc(C)ccc2[nH]c1=O. The van der Waals surface area contributed by atoms with Gasteiger partial charge in [-0.05, 0) is 26.0 Å². The number of aromatic amines is 1. The van der Waals surface area contributed by atoms with Crippen LogP contribution in [0.3, 0.4) is 0 Å². The third kappa shape index (κ3) is 2.11. The molecule has 2 aromatic rings. The van der Waals surface area contributed by atoms with E-state index in [-0.39, 0.29) is 17.2 Å². The first-order chi connectivity index (χ1) is 8.54. The zero-order chi connectivity index (χ0) is 13.3. The number of nitrogens with one attached hydrogen (secondary N) is 1. The zero-order valence-electron chi connectivity index (χ0n) is 10.0. The summed E-state index contributed by atoms with van der Waals surface area (Å²) >= 11 is 6.13. The van der Waals surface area contributed by atoms with E-state index in [1.807, 2.05) is 19.1 Å². The number of carbonyl (C=O) groups is 1. The van der Waals surface area contributed by atoms with Crippen LogP contribution < -0.4 is 5.56 Å². The van der Waals surface area contributed by atoms with Crippen molar-refractivity contribution in [2.45, 2.75) is 13.8 Å². The lowest BCUT2D eigenvalue weighted by molar-refractivity contribution is 0.0524. The number of H-pyrrole nitrogens is 1. The maximum absolute atomic E-state index is 11.8. The average molecular weight is 266 g/mol. The number of hydrogen-bond donors (Lipinski definition) is 1. The first-order valence-electron chi connectivity index (χ1n) is 5.54. The van der Waals surface area contributed by atoms with Crippen LogP contribution in [0.15, 0.2) is 23.0 Å². The summed E-state index contributed by atoms with van der Waals surface area (Å²) in [7, 11) is 0. The quantitative estimate of drug-likeness (QED) is 0.850. The molecule has 5 heteroatoms. The second kappa shape index (κ2) is 4.82. The second-order valence-electron chi connectivity index (χ2n) is 3.91. The maximum Gasteiger partial charge on any atom is 0.345 e. The highest BCUT2D eigenvalue weighted by atomic mass is 35.5. The number of halogens is 1. The van der Waals surface area contributed by atoms with Gasteiger partial charge < -0.3 is 9.72 Å². The number of rotatable bonds is 2. The molecule has 0 spiro atoms. The Labute approximate surface area is 109 Å². The summed E-state index contributed by atoms with van der Waals surface area (Å²) in [5.74, 6) is -0.702. The molecule has 0 aliphatic carbocycles. The second-order valence-corrected chi connectivity index (χ2v) is 4.29. The number of hydrogen-bond acceptors (Lipinski definition) is 3. The molecule has 0 bridgehead atoms. The van der Waals surface area contributed by atoms with Crippen molar-refractivity contribution >= 4 is 28.5 Å². The van der Waals surface area contributed by atoms with Gasteiger partial charge in [0.25, 0.3) is 5.56 Å². The molecule has 0 amide bonds. The molecule has 1 heterocycles. The highest BCUT2D eigenvalue weighted by molar-refractivity contribution is 6.38. The lowest BCUT2D eigenvalue weighted by Gasteiger charge is -2.07. The molecule has 0 fully saturated rings. The van der Waals surface area contributed by atoms with Crippen LogP contribution >= 0.6 is 11.6 Å². The molecular weight excluding hydrogens is 254 g/mol. The molecule has 0 atom stereocenters. The summed E-state index contributed by atoms with van der Waals surface area (Å²) in [6.07, 6.45) is 0. The van der Waals surface area contributed by atoms with Crippen molar-refractivity contribution in [1.82, 2.24) is 4.98 Å². The van der Waals surface area contributed by atoms with E-state index in [4.69, 9.17) is 16.3 Å². The summed E-state index contributed by atoms with van der Waals surface area (Å²) in [4.78, 5) is 26.1. The third-order valence-corrected chi connectivity index (χ3v) is 2.98. The van der Waals surface area contributed by atoms with Gasteiger partial charge in [0.15, 0.2) is 0 Å². The van der Waals surface area contributed by atoms with Gasteiger partial charge in [-0.15, -0.1) is 0 Å². The van der Waals surface area contributed by atoms with Crippen molar-refractivity contribution in [2.75, 3.05) is 6.61 Å². The smallest absolute Gasteiger partial charge is 0.345 e. The number of pyridine rings is 1.